The van der Waals surface area contributed by atoms with Gasteiger partial charge in [-0.15, -0.1) is 0 Å². The third kappa shape index (κ3) is 5.17. The van der Waals surface area contributed by atoms with Gasteiger partial charge in [0.15, 0.2) is 9.84 Å². The molecule has 0 spiro atoms. The molecule has 1 unspecified atom stereocenters. The zero-order valence-electron chi connectivity index (χ0n) is 18.0. The Morgan fingerprint density at radius 3 is 2.62 bits per heavy atom. The zero-order valence-corrected chi connectivity index (χ0v) is 18.8. The summed E-state index contributed by atoms with van der Waals surface area (Å²) in [5, 5.41) is 8.18. The molecular weight excluding hydrogens is 432 g/mol. The topological polar surface area (TPSA) is 116 Å². The molecule has 172 valence electrons. The second kappa shape index (κ2) is 9.40. The van der Waals surface area contributed by atoms with Crippen molar-refractivity contribution in [2.24, 2.45) is 5.10 Å². The largest absolute Gasteiger partial charge is 0.347 e. The maximum atomic E-state index is 12.7. The summed E-state index contributed by atoms with van der Waals surface area (Å²) in [5.74, 6) is -0.723. The molecular formula is C22H28N4O5S. The third-order valence-corrected chi connectivity index (χ3v) is 7.90. The number of nitrogens with zero attached hydrogens (tertiary/aromatic N) is 3. The predicted octanol–water partition coefficient (Wildman–Crippen LogP) is 1.09. The van der Waals surface area contributed by atoms with Crippen molar-refractivity contribution in [2.45, 2.75) is 51.1 Å². The molecule has 0 aliphatic carbocycles. The Morgan fingerprint density at radius 1 is 1.12 bits per heavy atom. The van der Waals surface area contributed by atoms with Crippen molar-refractivity contribution in [1.82, 2.24) is 15.2 Å². The number of piperidine rings is 1. The van der Waals surface area contributed by atoms with Crippen molar-refractivity contribution in [1.29, 1.82) is 0 Å². The van der Waals surface area contributed by atoms with Gasteiger partial charge in [0.1, 0.15) is 5.71 Å². The lowest BCUT2D eigenvalue weighted by atomic mass is 10.1. The van der Waals surface area contributed by atoms with Gasteiger partial charge >= 0.3 is 0 Å². The van der Waals surface area contributed by atoms with Crippen molar-refractivity contribution >= 4 is 33.3 Å². The number of benzene rings is 1. The van der Waals surface area contributed by atoms with E-state index in [1.54, 1.807) is 18.2 Å². The quantitative estimate of drug-likeness (QED) is 0.706. The van der Waals surface area contributed by atoms with Crippen LogP contribution in [0.3, 0.4) is 0 Å². The molecule has 0 aromatic heterocycles. The summed E-state index contributed by atoms with van der Waals surface area (Å²) in [5.41, 5.74) is 1.62. The van der Waals surface area contributed by atoms with Crippen molar-refractivity contribution < 1.29 is 22.8 Å². The van der Waals surface area contributed by atoms with Crippen LogP contribution in [0.1, 0.15) is 54.4 Å². The molecule has 0 saturated carbocycles. The number of carbonyl (C=O) groups excluding carboxylic acids is 3. The van der Waals surface area contributed by atoms with Crippen LogP contribution in [0.2, 0.25) is 0 Å². The number of likely N-dealkylation sites (tertiary alicyclic amines) is 1. The first-order chi connectivity index (χ1) is 15.3. The number of hydrogen-bond donors (Lipinski definition) is 1. The van der Waals surface area contributed by atoms with Crippen LogP contribution in [0.25, 0.3) is 0 Å². The van der Waals surface area contributed by atoms with Gasteiger partial charge in [-0.05, 0) is 43.4 Å². The fourth-order valence-electron chi connectivity index (χ4n) is 4.37. The molecule has 3 aliphatic rings. The number of amides is 3. The Morgan fingerprint density at radius 2 is 1.91 bits per heavy atom. The first kappa shape index (κ1) is 22.4. The van der Waals surface area contributed by atoms with Crippen LogP contribution in [-0.4, -0.2) is 72.4 Å². The summed E-state index contributed by atoms with van der Waals surface area (Å²) < 4.78 is 23.5. The molecule has 4 rings (SSSR count). The fourth-order valence-corrected chi connectivity index (χ4v) is 6.06. The SMILES string of the molecule is O=C(NCc1cccc(C(=O)N2CCCCC2)c1)C1=NN(C2CCS(=O)(=O)C2)C(=O)CC1. The Balaban J connectivity index is 1.38. The van der Waals surface area contributed by atoms with Crippen LogP contribution in [-0.2, 0) is 26.0 Å². The van der Waals surface area contributed by atoms with Crippen LogP contribution in [0.4, 0.5) is 0 Å². The van der Waals surface area contributed by atoms with Crippen LogP contribution in [0.5, 0.6) is 0 Å². The van der Waals surface area contributed by atoms with E-state index in [9.17, 15) is 22.8 Å². The van der Waals surface area contributed by atoms with Crippen molar-refractivity contribution in [2.75, 3.05) is 24.6 Å². The second-order valence-electron chi connectivity index (χ2n) is 8.58. The van der Waals surface area contributed by atoms with E-state index in [0.717, 1.165) is 37.9 Å². The normalized spacial score (nSPS) is 23.1. The molecule has 3 aliphatic heterocycles. The average molecular weight is 461 g/mol. The Labute approximate surface area is 187 Å². The van der Waals surface area contributed by atoms with Crippen LogP contribution < -0.4 is 5.32 Å². The van der Waals surface area contributed by atoms with Crippen molar-refractivity contribution in [3.8, 4) is 0 Å². The van der Waals surface area contributed by atoms with E-state index < -0.39 is 21.8 Å². The van der Waals surface area contributed by atoms with E-state index in [-0.39, 0.29) is 48.4 Å². The van der Waals surface area contributed by atoms with E-state index in [0.29, 0.717) is 12.0 Å². The Hall–Kier alpha value is -2.75. The first-order valence-corrected chi connectivity index (χ1v) is 12.9. The van der Waals surface area contributed by atoms with Gasteiger partial charge in [0, 0.05) is 38.0 Å². The second-order valence-corrected chi connectivity index (χ2v) is 10.8. The van der Waals surface area contributed by atoms with Gasteiger partial charge in [-0.3, -0.25) is 14.4 Å². The lowest BCUT2D eigenvalue weighted by Crippen LogP contribution is -2.43. The number of carbonyl (C=O) groups is 3. The maximum Gasteiger partial charge on any atom is 0.267 e. The highest BCUT2D eigenvalue weighted by molar-refractivity contribution is 7.91. The fraction of sp³-hybridized carbons (Fsp3) is 0.545. The smallest absolute Gasteiger partial charge is 0.267 e. The summed E-state index contributed by atoms with van der Waals surface area (Å²) in [6.07, 6.45) is 3.88. The summed E-state index contributed by atoms with van der Waals surface area (Å²) in [7, 11) is -3.17. The third-order valence-electron chi connectivity index (χ3n) is 6.15. The highest BCUT2D eigenvalue weighted by Crippen LogP contribution is 2.22. The molecule has 3 heterocycles. The molecule has 1 atom stereocenters. The molecule has 3 amide bonds. The van der Waals surface area contributed by atoms with Gasteiger partial charge in [-0.1, -0.05) is 12.1 Å². The number of rotatable bonds is 5. The monoisotopic (exact) mass is 460 g/mol. The van der Waals surface area contributed by atoms with Gasteiger partial charge in [-0.25, -0.2) is 13.4 Å². The highest BCUT2D eigenvalue weighted by Gasteiger charge is 2.37. The first-order valence-electron chi connectivity index (χ1n) is 11.1. The summed E-state index contributed by atoms with van der Waals surface area (Å²) in [4.78, 5) is 39.5. The van der Waals surface area contributed by atoms with E-state index in [2.05, 4.69) is 10.4 Å². The molecule has 0 bridgehead atoms. The molecule has 0 radical (unpaired) electrons. The minimum atomic E-state index is -3.17. The predicted molar refractivity (Wildman–Crippen MR) is 119 cm³/mol. The van der Waals surface area contributed by atoms with Gasteiger partial charge in [0.25, 0.3) is 11.8 Å². The number of sulfone groups is 1. The lowest BCUT2D eigenvalue weighted by Gasteiger charge is -2.27. The van der Waals surface area contributed by atoms with Gasteiger partial charge in [-0.2, -0.15) is 5.10 Å². The average Bonchev–Trinajstić information content (AvgIpc) is 3.17. The van der Waals surface area contributed by atoms with Crippen molar-refractivity contribution in [3.05, 3.63) is 35.4 Å². The maximum absolute atomic E-state index is 12.7. The molecule has 2 fully saturated rings. The van der Waals surface area contributed by atoms with Crippen molar-refractivity contribution in [3.63, 3.8) is 0 Å². The van der Waals surface area contributed by atoms with Gasteiger partial charge in [0.2, 0.25) is 5.91 Å². The Bertz CT molecular complexity index is 1050. The Kier molecular flexibility index (Phi) is 6.59. The number of hydrogen-bond acceptors (Lipinski definition) is 6. The summed E-state index contributed by atoms with van der Waals surface area (Å²) >= 11 is 0. The highest BCUT2D eigenvalue weighted by atomic mass is 32.2. The minimum Gasteiger partial charge on any atom is -0.347 e. The lowest BCUT2D eigenvalue weighted by molar-refractivity contribution is -0.133. The van der Waals surface area contributed by atoms with Crippen LogP contribution in [0, 0.1) is 0 Å². The molecule has 9 nitrogen and oxygen atoms in total. The molecule has 1 N–H and O–H groups in total. The van der Waals surface area contributed by atoms with E-state index in [4.69, 9.17) is 0 Å². The number of hydrazone groups is 1. The van der Waals surface area contributed by atoms with Gasteiger partial charge in [0.05, 0.1) is 17.5 Å². The minimum absolute atomic E-state index is 0.00945. The molecule has 1 aromatic rings. The summed E-state index contributed by atoms with van der Waals surface area (Å²) in [6, 6.07) is 6.71. The molecule has 32 heavy (non-hydrogen) atoms. The summed E-state index contributed by atoms with van der Waals surface area (Å²) in [6.45, 7) is 1.78. The van der Waals surface area contributed by atoms with Gasteiger partial charge < -0.3 is 10.2 Å². The van der Waals surface area contributed by atoms with E-state index >= 15 is 0 Å². The standard InChI is InChI=1S/C22H28N4O5S/c27-20-8-7-19(24-26(20)18-9-12-32(30,31)15-18)21(28)23-14-16-5-4-6-17(13-16)22(29)25-10-2-1-3-11-25/h4-6,13,18H,1-3,7-12,14-15H2,(H,23,28). The number of nitrogens with one attached hydrogen (secondary N) is 1. The van der Waals surface area contributed by atoms with E-state index in [1.165, 1.54) is 5.01 Å². The molecule has 1 aromatic carbocycles. The van der Waals surface area contributed by atoms with Crippen LogP contribution >= 0.6 is 0 Å². The van der Waals surface area contributed by atoms with Crippen LogP contribution in [0.15, 0.2) is 29.4 Å². The molecule has 10 heteroatoms. The molecule has 2 saturated heterocycles. The van der Waals surface area contributed by atoms with E-state index in [1.807, 2.05) is 11.0 Å². The zero-order chi connectivity index (χ0) is 22.7.